The van der Waals surface area contributed by atoms with Gasteiger partial charge in [0.05, 0.1) is 0 Å². The molecule has 0 spiro atoms. The molecule has 0 aliphatic carbocycles. The first kappa shape index (κ1) is 12.1. The topological polar surface area (TPSA) is 95.1 Å². The van der Waals surface area contributed by atoms with E-state index in [0.29, 0.717) is 0 Å². The molecule has 0 atom stereocenters. The van der Waals surface area contributed by atoms with Crippen molar-refractivity contribution in [1.82, 2.24) is 10.2 Å². The molecule has 2 aromatic heterocycles. The van der Waals surface area contributed by atoms with Crippen LogP contribution >= 0.6 is 11.3 Å². The Labute approximate surface area is 106 Å². The van der Waals surface area contributed by atoms with Gasteiger partial charge in [-0.05, 0) is 17.5 Å². The number of nitrogens with zero attached hydrogens (tertiary/aromatic N) is 1. The first-order valence-corrected chi connectivity index (χ1v) is 5.84. The molecule has 0 aromatic carbocycles. The largest absolute Gasteiger partial charge is 0.477 e. The molecule has 0 aliphatic rings. The highest BCUT2D eigenvalue weighted by Gasteiger charge is 2.08. The van der Waals surface area contributed by atoms with E-state index in [1.165, 1.54) is 23.5 Å². The van der Waals surface area contributed by atoms with E-state index in [4.69, 9.17) is 5.11 Å². The van der Waals surface area contributed by atoms with Crippen LogP contribution in [0.25, 0.3) is 6.08 Å². The lowest BCUT2D eigenvalue weighted by atomic mass is 10.4. The summed E-state index contributed by atoms with van der Waals surface area (Å²) >= 11 is 1.51. The number of carboxylic acid groups (broad SMARTS) is 1. The highest BCUT2D eigenvalue weighted by Crippen LogP contribution is 2.10. The number of amides is 1. The lowest BCUT2D eigenvalue weighted by molar-refractivity contribution is -0.111. The lowest BCUT2D eigenvalue weighted by Gasteiger charge is -1.94. The smallest absolute Gasteiger partial charge is 0.353 e. The number of carbonyl (C=O) groups is 2. The van der Waals surface area contributed by atoms with Gasteiger partial charge in [-0.25, -0.2) is 4.79 Å². The second-order valence-electron chi connectivity index (χ2n) is 3.31. The molecule has 2 heterocycles. The van der Waals surface area contributed by atoms with E-state index in [1.807, 2.05) is 17.5 Å². The summed E-state index contributed by atoms with van der Waals surface area (Å²) in [6.07, 6.45) is 3.03. The van der Waals surface area contributed by atoms with Crippen molar-refractivity contribution in [2.45, 2.75) is 0 Å². The second-order valence-corrected chi connectivity index (χ2v) is 4.29. The normalized spacial score (nSPS) is 10.7. The maximum atomic E-state index is 11.5. The summed E-state index contributed by atoms with van der Waals surface area (Å²) in [5, 5.41) is 19.0. The average Bonchev–Trinajstić information content (AvgIpc) is 2.96. The number of aromatic amines is 1. The van der Waals surface area contributed by atoms with Gasteiger partial charge in [-0.2, -0.15) is 5.10 Å². The molecule has 6 nitrogen and oxygen atoms in total. The van der Waals surface area contributed by atoms with Crippen LogP contribution in [0.3, 0.4) is 0 Å². The van der Waals surface area contributed by atoms with Gasteiger partial charge >= 0.3 is 5.97 Å². The molecule has 0 unspecified atom stereocenters. The molecule has 3 N–H and O–H groups in total. The van der Waals surface area contributed by atoms with E-state index in [9.17, 15) is 9.59 Å². The van der Waals surface area contributed by atoms with Gasteiger partial charge < -0.3 is 10.4 Å². The fraction of sp³-hybridized carbons (Fsp3) is 0. The predicted molar refractivity (Wildman–Crippen MR) is 67.5 cm³/mol. The monoisotopic (exact) mass is 263 g/mol. The molecule has 2 rings (SSSR count). The number of anilines is 1. The minimum atomic E-state index is -1.13. The SMILES string of the molecule is O=C(C=Cc1cccs1)Nc1cc(C(=O)O)[nH]n1. The molecule has 1 amide bonds. The summed E-state index contributed by atoms with van der Waals surface area (Å²) in [7, 11) is 0. The second kappa shape index (κ2) is 5.28. The lowest BCUT2D eigenvalue weighted by Crippen LogP contribution is -2.07. The Kier molecular flexibility index (Phi) is 3.54. The molecule has 2 aromatic rings. The van der Waals surface area contributed by atoms with Crippen molar-refractivity contribution < 1.29 is 14.7 Å². The van der Waals surface area contributed by atoms with Crippen molar-refractivity contribution in [2.75, 3.05) is 5.32 Å². The summed E-state index contributed by atoms with van der Waals surface area (Å²) in [5.74, 6) is -1.32. The molecule has 0 saturated heterocycles. The minimum absolute atomic E-state index is 0.0764. The predicted octanol–water partition coefficient (Wildman–Crippen LogP) is 1.82. The van der Waals surface area contributed by atoms with E-state index in [0.717, 1.165) is 4.88 Å². The number of carbonyl (C=O) groups excluding carboxylic acids is 1. The Morgan fingerprint density at radius 3 is 2.94 bits per heavy atom. The van der Waals surface area contributed by atoms with Crippen LogP contribution in [-0.2, 0) is 4.79 Å². The minimum Gasteiger partial charge on any atom is -0.477 e. The number of H-pyrrole nitrogens is 1. The van der Waals surface area contributed by atoms with E-state index in [2.05, 4.69) is 15.5 Å². The zero-order valence-electron chi connectivity index (χ0n) is 9.08. The highest BCUT2D eigenvalue weighted by molar-refractivity contribution is 7.10. The van der Waals surface area contributed by atoms with Crippen LogP contribution in [0.5, 0.6) is 0 Å². The maximum absolute atomic E-state index is 11.5. The quantitative estimate of drug-likeness (QED) is 0.733. The van der Waals surface area contributed by atoms with Crippen LogP contribution in [0.2, 0.25) is 0 Å². The fourth-order valence-electron chi connectivity index (χ4n) is 1.21. The standard InChI is InChI=1S/C11H9N3O3S/c15-10(4-3-7-2-1-5-18-7)12-9-6-8(11(16)17)13-14-9/h1-6H,(H,16,17)(H2,12,13,14,15). The summed E-state index contributed by atoms with van der Waals surface area (Å²) in [4.78, 5) is 23.0. The van der Waals surface area contributed by atoms with Crippen LogP contribution in [0, 0.1) is 0 Å². The van der Waals surface area contributed by atoms with Crippen LogP contribution < -0.4 is 5.32 Å². The number of aromatic nitrogens is 2. The first-order chi connectivity index (χ1) is 8.65. The van der Waals surface area contributed by atoms with Gasteiger partial charge in [0.15, 0.2) is 5.82 Å². The van der Waals surface area contributed by atoms with Gasteiger partial charge in [-0.3, -0.25) is 9.89 Å². The van der Waals surface area contributed by atoms with E-state index >= 15 is 0 Å². The molecule has 18 heavy (non-hydrogen) atoms. The Morgan fingerprint density at radius 2 is 2.33 bits per heavy atom. The zero-order chi connectivity index (χ0) is 13.0. The third-order valence-corrected chi connectivity index (χ3v) is 2.84. The van der Waals surface area contributed by atoms with Crippen molar-refractivity contribution >= 4 is 35.1 Å². The molecule has 0 aliphatic heterocycles. The van der Waals surface area contributed by atoms with Crippen LogP contribution in [0.1, 0.15) is 15.4 Å². The summed E-state index contributed by atoms with van der Waals surface area (Å²) < 4.78 is 0. The van der Waals surface area contributed by atoms with Crippen molar-refractivity contribution in [2.24, 2.45) is 0 Å². The van der Waals surface area contributed by atoms with E-state index in [1.54, 1.807) is 6.08 Å². The zero-order valence-corrected chi connectivity index (χ0v) is 9.90. The van der Waals surface area contributed by atoms with Gasteiger partial charge in [-0.1, -0.05) is 6.07 Å². The third-order valence-electron chi connectivity index (χ3n) is 2.00. The molecule has 0 saturated carbocycles. The summed E-state index contributed by atoms with van der Waals surface area (Å²) in [6, 6.07) is 5.01. The van der Waals surface area contributed by atoms with Gasteiger partial charge in [0.25, 0.3) is 0 Å². The maximum Gasteiger partial charge on any atom is 0.353 e. The first-order valence-electron chi connectivity index (χ1n) is 4.96. The Bertz CT molecular complexity index is 586. The summed E-state index contributed by atoms with van der Waals surface area (Å²) in [5.41, 5.74) is -0.0764. The summed E-state index contributed by atoms with van der Waals surface area (Å²) in [6.45, 7) is 0. The fourth-order valence-corrected chi connectivity index (χ4v) is 1.83. The Balaban J connectivity index is 1.96. The van der Waals surface area contributed by atoms with Crippen molar-refractivity contribution in [3.05, 3.63) is 40.2 Å². The number of hydrogen-bond donors (Lipinski definition) is 3. The van der Waals surface area contributed by atoms with Gasteiger partial charge in [0, 0.05) is 17.0 Å². The Morgan fingerprint density at radius 1 is 1.50 bits per heavy atom. The molecule has 0 bridgehead atoms. The molecular formula is C11H9N3O3S. The van der Waals surface area contributed by atoms with Gasteiger partial charge in [-0.15, -0.1) is 11.3 Å². The number of carboxylic acids is 1. The van der Waals surface area contributed by atoms with Crippen LogP contribution in [0.4, 0.5) is 5.82 Å². The number of thiophene rings is 1. The number of hydrogen-bond acceptors (Lipinski definition) is 4. The van der Waals surface area contributed by atoms with E-state index in [-0.39, 0.29) is 17.4 Å². The van der Waals surface area contributed by atoms with Crippen molar-refractivity contribution in [3.8, 4) is 0 Å². The van der Waals surface area contributed by atoms with Crippen LogP contribution in [0.15, 0.2) is 29.7 Å². The highest BCUT2D eigenvalue weighted by atomic mass is 32.1. The number of rotatable bonds is 4. The molecule has 92 valence electrons. The van der Waals surface area contributed by atoms with Crippen molar-refractivity contribution in [3.63, 3.8) is 0 Å². The molecule has 0 radical (unpaired) electrons. The van der Waals surface area contributed by atoms with Crippen LogP contribution in [-0.4, -0.2) is 27.2 Å². The van der Waals surface area contributed by atoms with Gasteiger partial charge in [0.1, 0.15) is 5.69 Å². The number of nitrogens with one attached hydrogen (secondary N) is 2. The third kappa shape index (κ3) is 3.05. The van der Waals surface area contributed by atoms with Crippen molar-refractivity contribution in [1.29, 1.82) is 0 Å². The van der Waals surface area contributed by atoms with Gasteiger partial charge in [0.2, 0.25) is 5.91 Å². The van der Waals surface area contributed by atoms with E-state index < -0.39 is 5.97 Å². The molecule has 0 fully saturated rings. The molecule has 7 heteroatoms. The molecular weight excluding hydrogens is 254 g/mol. The Hall–Kier alpha value is -2.41. The number of aromatic carboxylic acids is 1. The average molecular weight is 263 g/mol.